The van der Waals surface area contributed by atoms with E-state index in [0.29, 0.717) is 11.2 Å². The first-order valence-corrected chi connectivity index (χ1v) is 15.6. The minimum Gasteiger partial charge on any atom is -0.464 e. The molecule has 15 heteroatoms. The van der Waals surface area contributed by atoms with E-state index >= 15 is 0 Å². The van der Waals surface area contributed by atoms with Gasteiger partial charge < -0.3 is 29.9 Å². The van der Waals surface area contributed by atoms with Crippen molar-refractivity contribution >= 4 is 31.8 Å². The lowest BCUT2D eigenvalue weighted by Gasteiger charge is -2.30. The highest BCUT2D eigenvalue weighted by atomic mass is 31.2. The summed E-state index contributed by atoms with van der Waals surface area (Å²) in [5.41, 5.74) is 5.17. The maximum Gasteiger partial charge on any atom is 0.459 e. The van der Waals surface area contributed by atoms with Crippen molar-refractivity contribution in [1.82, 2.24) is 19.7 Å². The van der Waals surface area contributed by atoms with Gasteiger partial charge in [0, 0.05) is 0 Å². The number of benzene rings is 1. The number of carbonyl (C=O) groups excluding carboxylic acids is 1. The number of nitrogens with two attached hydrogens (primary N) is 1. The van der Waals surface area contributed by atoms with E-state index < -0.39 is 50.3 Å². The minimum atomic E-state index is -4.28. The molecule has 1 aliphatic heterocycles. The van der Waals surface area contributed by atoms with Crippen molar-refractivity contribution in [3.05, 3.63) is 54.5 Å². The first-order chi connectivity index (χ1) is 20.6. The third-order valence-electron chi connectivity index (χ3n) is 7.50. The zero-order valence-electron chi connectivity index (χ0n) is 24.4. The minimum absolute atomic E-state index is 0.159. The molecule has 1 aliphatic rings. The van der Waals surface area contributed by atoms with Gasteiger partial charge in [0.2, 0.25) is 0 Å². The zero-order valence-corrected chi connectivity index (χ0v) is 25.3. The molecule has 2 aromatic heterocycles. The molecule has 6 atom stereocenters. The number of para-hydroxylation sites is 1. The maximum absolute atomic E-state index is 14.0. The first-order valence-electron chi connectivity index (χ1n) is 14.1. The summed E-state index contributed by atoms with van der Waals surface area (Å²) in [5, 5.41) is 29.2. The number of aromatic nitrogens is 3. The Morgan fingerprint density at radius 2 is 1.98 bits per heavy atom. The summed E-state index contributed by atoms with van der Waals surface area (Å²) in [6.45, 7) is 8.62. The summed E-state index contributed by atoms with van der Waals surface area (Å²) in [5.74, 6) is -0.00459. The Morgan fingerprint density at radius 3 is 2.65 bits per heavy atom. The summed E-state index contributed by atoms with van der Waals surface area (Å²) < 4.78 is 38.5. The molecule has 0 spiro atoms. The van der Waals surface area contributed by atoms with E-state index in [1.165, 1.54) is 17.8 Å². The molecule has 234 valence electrons. The van der Waals surface area contributed by atoms with Crippen LogP contribution in [0, 0.1) is 5.92 Å². The topological polar surface area (TPSA) is 192 Å². The number of ether oxygens (including phenoxy) is 2. The Hall–Kier alpha value is -3.39. The predicted octanol–water partition coefficient (Wildman–Crippen LogP) is 2.49. The van der Waals surface area contributed by atoms with Gasteiger partial charge in [-0.3, -0.25) is 14.3 Å². The van der Waals surface area contributed by atoms with Gasteiger partial charge in [-0.25, -0.2) is 14.1 Å². The van der Waals surface area contributed by atoms with Crippen LogP contribution >= 0.6 is 7.75 Å². The molecule has 4 rings (SSSR count). The van der Waals surface area contributed by atoms with Gasteiger partial charge in [-0.1, -0.05) is 44.9 Å². The van der Waals surface area contributed by atoms with Crippen molar-refractivity contribution in [3.63, 3.8) is 0 Å². The van der Waals surface area contributed by atoms with E-state index in [-0.39, 0.29) is 30.6 Å². The Balaban J connectivity index is 1.55. The molecular formula is C28H39N6O8P. The maximum atomic E-state index is 14.0. The van der Waals surface area contributed by atoms with Crippen molar-refractivity contribution in [1.29, 1.82) is 0 Å². The first kappa shape index (κ1) is 32.5. The number of hydrogen-bond donors (Lipinski definition) is 4. The molecule has 3 heterocycles. The summed E-state index contributed by atoms with van der Waals surface area (Å²) in [6.07, 6.45) is -1.27. The molecule has 1 fully saturated rings. The fourth-order valence-electron chi connectivity index (χ4n) is 4.91. The number of carbonyl (C=O) groups is 1. The average Bonchev–Trinajstić information content (AvgIpc) is 3.54. The molecule has 0 unspecified atom stereocenters. The number of esters is 1. The highest BCUT2D eigenvalue weighted by molar-refractivity contribution is 7.52. The number of fused-ring (bicyclic) bond motifs is 1. The van der Waals surface area contributed by atoms with Gasteiger partial charge in [-0.15, -0.1) is 0 Å². The number of aliphatic imine (C=N–C) groups is 1. The molecule has 0 aliphatic carbocycles. The van der Waals surface area contributed by atoms with Crippen molar-refractivity contribution in [2.45, 2.75) is 63.6 Å². The zero-order chi connectivity index (χ0) is 31.2. The second kappa shape index (κ2) is 13.9. The van der Waals surface area contributed by atoms with Crippen LogP contribution < -0.4 is 15.3 Å². The quantitative estimate of drug-likeness (QED) is 0.111. The smallest absolute Gasteiger partial charge is 0.459 e. The molecule has 0 amide bonds. The van der Waals surface area contributed by atoms with Gasteiger partial charge in [0.05, 0.1) is 25.5 Å². The Bertz CT molecular complexity index is 1440. The van der Waals surface area contributed by atoms with Gasteiger partial charge in [0.15, 0.2) is 11.4 Å². The van der Waals surface area contributed by atoms with Gasteiger partial charge in [-0.2, -0.15) is 10.2 Å². The average molecular weight is 619 g/mol. The lowest BCUT2D eigenvalue weighted by Crippen LogP contribution is -2.44. The molecular weight excluding hydrogens is 579 g/mol. The van der Waals surface area contributed by atoms with Crippen LogP contribution in [0.15, 0.2) is 53.8 Å². The summed E-state index contributed by atoms with van der Waals surface area (Å²) >= 11 is 0. The van der Waals surface area contributed by atoms with Gasteiger partial charge in [-0.05, 0) is 43.8 Å². The fourth-order valence-corrected chi connectivity index (χ4v) is 6.41. The van der Waals surface area contributed by atoms with Crippen molar-refractivity contribution in [2.24, 2.45) is 10.9 Å². The Morgan fingerprint density at radius 1 is 1.26 bits per heavy atom. The van der Waals surface area contributed by atoms with Gasteiger partial charge in [0.25, 0.3) is 0 Å². The van der Waals surface area contributed by atoms with Crippen molar-refractivity contribution < 1.29 is 38.1 Å². The van der Waals surface area contributed by atoms with Crippen LogP contribution in [0.3, 0.4) is 0 Å². The van der Waals surface area contributed by atoms with Gasteiger partial charge >= 0.3 is 13.7 Å². The fraction of sp³-hybridized carbons (Fsp3) is 0.500. The number of rotatable bonds is 15. The van der Waals surface area contributed by atoms with Crippen LogP contribution in [0.2, 0.25) is 0 Å². The third kappa shape index (κ3) is 7.06. The van der Waals surface area contributed by atoms with Crippen LogP contribution in [0.4, 0.5) is 5.82 Å². The number of hydrogen-bond acceptors (Lipinski definition) is 12. The molecule has 0 saturated carbocycles. The van der Waals surface area contributed by atoms with E-state index in [1.807, 2.05) is 13.8 Å². The molecule has 0 radical (unpaired) electrons. The number of nitrogen functional groups attached to an aromatic ring is 1. The summed E-state index contributed by atoms with van der Waals surface area (Å²) in [6, 6.07) is 10.5. The molecule has 14 nitrogen and oxygen atoms in total. The van der Waals surface area contributed by atoms with E-state index in [4.69, 9.17) is 24.3 Å². The van der Waals surface area contributed by atoms with Crippen LogP contribution in [0.1, 0.15) is 39.3 Å². The monoisotopic (exact) mass is 618 g/mol. The number of anilines is 1. The molecule has 43 heavy (non-hydrogen) atoms. The van der Waals surface area contributed by atoms with Crippen LogP contribution in [-0.4, -0.2) is 81.6 Å². The lowest BCUT2D eigenvalue weighted by molar-refractivity contribution is -0.146. The highest BCUT2D eigenvalue weighted by Gasteiger charge is 2.57. The van der Waals surface area contributed by atoms with Crippen LogP contribution in [0.25, 0.3) is 5.52 Å². The van der Waals surface area contributed by atoms with Crippen molar-refractivity contribution in [2.75, 3.05) is 25.5 Å². The normalized spacial score (nSPS) is 24.1. The standard InChI is InChI=1S/C28H39N6O8P/c1-5-19(6-2)14-39-27(37)18(3)33-43(38,42-20-10-8-7-9-11-20)40-15-22-24(35)25(36)28(41-22,16-30-4)23-13-12-21-26(29)31-17-32-34(21)23/h7-13,17-19,22,24-25,35-36H,4-6,14-16H2,1-3H3,(H,33,38)(H2,29,31,32)/t18-,22+,24+,25+,28-,43-/m0/s1. The highest BCUT2D eigenvalue weighted by Crippen LogP contribution is 2.47. The Labute approximate surface area is 249 Å². The predicted molar refractivity (Wildman–Crippen MR) is 159 cm³/mol. The molecule has 5 N–H and O–H groups in total. The summed E-state index contributed by atoms with van der Waals surface area (Å²) in [7, 11) is -4.28. The van der Waals surface area contributed by atoms with Crippen molar-refractivity contribution in [3.8, 4) is 5.75 Å². The van der Waals surface area contributed by atoms with E-state index in [9.17, 15) is 19.6 Å². The van der Waals surface area contributed by atoms with E-state index in [2.05, 4.69) is 26.9 Å². The molecule has 1 saturated heterocycles. The summed E-state index contributed by atoms with van der Waals surface area (Å²) in [4.78, 5) is 20.6. The molecule has 1 aromatic carbocycles. The van der Waals surface area contributed by atoms with Gasteiger partial charge in [0.1, 0.15) is 41.9 Å². The molecule has 0 bridgehead atoms. The Kier molecular flexibility index (Phi) is 10.5. The van der Waals surface area contributed by atoms with E-state index in [0.717, 1.165) is 12.8 Å². The number of nitrogens with one attached hydrogen (secondary N) is 1. The SMILES string of the molecule is C=NC[C@@]1(c2ccc3c(N)ncnn23)O[C@H](CO[P@@](=O)(N[C@@H](C)C(=O)OCC(CC)CC)Oc2ccccc2)[C@@H](O)[C@H]1O. The van der Waals surface area contributed by atoms with Crippen LogP contribution in [0.5, 0.6) is 5.75 Å². The molecule has 3 aromatic rings. The number of nitrogens with zero attached hydrogens (tertiary/aromatic N) is 4. The largest absolute Gasteiger partial charge is 0.464 e. The van der Waals surface area contributed by atoms with Crippen LogP contribution in [-0.2, 0) is 29.0 Å². The van der Waals surface area contributed by atoms with E-state index in [1.54, 1.807) is 42.5 Å². The second-order valence-corrected chi connectivity index (χ2v) is 12.1. The second-order valence-electron chi connectivity index (χ2n) is 10.4. The number of aliphatic hydroxyl groups is 2. The lowest BCUT2D eigenvalue weighted by atomic mass is 9.91. The third-order valence-corrected chi connectivity index (χ3v) is 9.15. The number of aliphatic hydroxyl groups excluding tert-OH is 2.